The Hall–Kier alpha value is -4.33. The number of hydrogen-bond donors (Lipinski definition) is 1. The van der Waals surface area contributed by atoms with Crippen molar-refractivity contribution >= 4 is 11.9 Å². The summed E-state index contributed by atoms with van der Waals surface area (Å²) in [7, 11) is 3.09. The number of nitrogens with zero attached hydrogens (tertiary/aromatic N) is 2. The van der Waals surface area contributed by atoms with Gasteiger partial charge in [0.15, 0.2) is 0 Å². The van der Waals surface area contributed by atoms with Crippen LogP contribution in [0.4, 0.5) is 6.01 Å². The maximum Gasteiger partial charge on any atom is 0.322 e. The van der Waals surface area contributed by atoms with E-state index in [0.717, 1.165) is 0 Å². The van der Waals surface area contributed by atoms with E-state index in [-0.39, 0.29) is 17.8 Å². The summed E-state index contributed by atoms with van der Waals surface area (Å²) in [6.07, 6.45) is 0. The predicted molar refractivity (Wildman–Crippen MR) is 114 cm³/mol. The van der Waals surface area contributed by atoms with Crippen molar-refractivity contribution in [2.45, 2.75) is 0 Å². The number of ether oxygens (including phenoxy) is 3. The molecule has 4 rings (SSSR count). The summed E-state index contributed by atoms with van der Waals surface area (Å²) in [5, 5.41) is 10.5. The lowest BCUT2D eigenvalue weighted by Gasteiger charge is -2.07. The average molecular weight is 417 g/mol. The second-order valence-electron chi connectivity index (χ2n) is 6.37. The van der Waals surface area contributed by atoms with Crippen molar-refractivity contribution in [1.29, 1.82) is 0 Å². The van der Waals surface area contributed by atoms with Gasteiger partial charge in [0.2, 0.25) is 0 Å². The highest BCUT2D eigenvalue weighted by molar-refractivity contribution is 6.03. The van der Waals surface area contributed by atoms with Gasteiger partial charge in [0, 0.05) is 11.6 Å². The molecule has 0 unspecified atom stereocenters. The molecule has 4 aromatic rings. The number of carbonyl (C=O) groups is 1. The number of benzene rings is 3. The van der Waals surface area contributed by atoms with E-state index < -0.39 is 0 Å². The van der Waals surface area contributed by atoms with E-state index >= 15 is 0 Å². The Balaban J connectivity index is 1.44. The smallest absolute Gasteiger partial charge is 0.322 e. The van der Waals surface area contributed by atoms with Gasteiger partial charge >= 0.3 is 6.01 Å². The molecule has 0 aliphatic heterocycles. The normalized spacial score (nSPS) is 10.4. The third-order valence-corrected chi connectivity index (χ3v) is 4.38. The number of para-hydroxylation sites is 1. The van der Waals surface area contributed by atoms with Crippen molar-refractivity contribution < 1.29 is 23.4 Å². The molecule has 1 N–H and O–H groups in total. The van der Waals surface area contributed by atoms with E-state index in [1.165, 1.54) is 7.11 Å². The SMILES string of the molecule is COc1ccc(-c2nnc(NC(=O)c3ccc(Oc4ccccc4)cc3)o2)c(OC)c1. The van der Waals surface area contributed by atoms with Crippen LogP contribution in [-0.2, 0) is 0 Å². The van der Waals surface area contributed by atoms with Gasteiger partial charge in [-0.15, -0.1) is 5.10 Å². The fourth-order valence-electron chi connectivity index (χ4n) is 2.83. The van der Waals surface area contributed by atoms with Gasteiger partial charge in [0.1, 0.15) is 23.0 Å². The van der Waals surface area contributed by atoms with Gasteiger partial charge in [-0.25, -0.2) is 0 Å². The van der Waals surface area contributed by atoms with Crippen LogP contribution in [0.15, 0.2) is 77.2 Å². The van der Waals surface area contributed by atoms with E-state index in [1.54, 1.807) is 49.6 Å². The highest BCUT2D eigenvalue weighted by Gasteiger charge is 2.16. The van der Waals surface area contributed by atoms with Gasteiger partial charge in [0.25, 0.3) is 11.8 Å². The number of nitrogens with one attached hydrogen (secondary N) is 1. The first-order valence-electron chi connectivity index (χ1n) is 9.36. The largest absolute Gasteiger partial charge is 0.497 e. The van der Waals surface area contributed by atoms with Crippen molar-refractivity contribution in [3.63, 3.8) is 0 Å². The minimum atomic E-state index is -0.386. The van der Waals surface area contributed by atoms with Crippen LogP contribution in [0.5, 0.6) is 23.0 Å². The molecule has 0 saturated heterocycles. The maximum absolute atomic E-state index is 12.5. The van der Waals surface area contributed by atoms with Gasteiger partial charge in [-0.2, -0.15) is 0 Å². The fourth-order valence-corrected chi connectivity index (χ4v) is 2.83. The van der Waals surface area contributed by atoms with Gasteiger partial charge < -0.3 is 18.6 Å². The molecule has 0 fully saturated rings. The quantitative estimate of drug-likeness (QED) is 0.461. The summed E-state index contributed by atoms with van der Waals surface area (Å²) in [6, 6.07) is 21.3. The van der Waals surface area contributed by atoms with Gasteiger partial charge in [-0.05, 0) is 48.5 Å². The van der Waals surface area contributed by atoms with E-state index in [2.05, 4.69) is 15.5 Å². The molecule has 0 spiro atoms. The highest BCUT2D eigenvalue weighted by atomic mass is 16.5. The lowest BCUT2D eigenvalue weighted by molar-refractivity contribution is 0.102. The van der Waals surface area contributed by atoms with Crippen molar-refractivity contribution in [3.05, 3.63) is 78.4 Å². The Bertz CT molecular complexity index is 1170. The van der Waals surface area contributed by atoms with Crippen LogP contribution in [0.25, 0.3) is 11.5 Å². The molecule has 1 amide bonds. The number of aromatic nitrogens is 2. The Morgan fingerprint density at radius 2 is 1.55 bits per heavy atom. The Morgan fingerprint density at radius 1 is 0.839 bits per heavy atom. The third kappa shape index (κ3) is 4.64. The summed E-state index contributed by atoms with van der Waals surface area (Å²) in [4.78, 5) is 12.5. The van der Waals surface area contributed by atoms with Crippen molar-refractivity contribution in [2.75, 3.05) is 19.5 Å². The summed E-state index contributed by atoms with van der Waals surface area (Å²) in [6.45, 7) is 0. The first kappa shape index (κ1) is 20.0. The number of rotatable bonds is 7. The molecule has 3 aromatic carbocycles. The second-order valence-corrected chi connectivity index (χ2v) is 6.37. The Labute approximate surface area is 178 Å². The molecule has 0 aliphatic carbocycles. The lowest BCUT2D eigenvalue weighted by Crippen LogP contribution is -2.11. The molecule has 0 radical (unpaired) electrons. The average Bonchev–Trinajstić information content (AvgIpc) is 3.28. The van der Waals surface area contributed by atoms with Crippen molar-refractivity contribution in [2.24, 2.45) is 0 Å². The van der Waals surface area contributed by atoms with Gasteiger partial charge in [0.05, 0.1) is 19.8 Å². The second kappa shape index (κ2) is 9.00. The molecule has 31 heavy (non-hydrogen) atoms. The molecule has 0 bridgehead atoms. The number of anilines is 1. The first-order valence-corrected chi connectivity index (χ1v) is 9.36. The summed E-state index contributed by atoms with van der Waals surface area (Å²) < 4.78 is 21.8. The Morgan fingerprint density at radius 3 is 2.26 bits per heavy atom. The van der Waals surface area contributed by atoms with E-state index in [4.69, 9.17) is 18.6 Å². The minimum Gasteiger partial charge on any atom is -0.497 e. The topological polar surface area (TPSA) is 95.7 Å². The molecule has 8 heteroatoms. The number of hydrogen-bond acceptors (Lipinski definition) is 7. The number of carbonyl (C=O) groups excluding carboxylic acids is 1. The number of methoxy groups -OCH3 is 2. The molecule has 156 valence electrons. The van der Waals surface area contributed by atoms with Crippen LogP contribution in [0, 0.1) is 0 Å². The molecule has 0 atom stereocenters. The number of amides is 1. The van der Waals surface area contributed by atoms with Crippen LogP contribution in [0.1, 0.15) is 10.4 Å². The lowest BCUT2D eigenvalue weighted by atomic mass is 10.2. The van der Waals surface area contributed by atoms with Crippen LogP contribution in [-0.4, -0.2) is 30.3 Å². The van der Waals surface area contributed by atoms with Crippen molar-refractivity contribution in [3.8, 4) is 34.5 Å². The molecule has 1 heterocycles. The monoisotopic (exact) mass is 417 g/mol. The van der Waals surface area contributed by atoms with Crippen LogP contribution in [0.3, 0.4) is 0 Å². The van der Waals surface area contributed by atoms with Crippen LogP contribution < -0.4 is 19.5 Å². The van der Waals surface area contributed by atoms with Gasteiger partial charge in [-0.1, -0.05) is 23.3 Å². The zero-order chi connectivity index (χ0) is 21.6. The molecular formula is C23H19N3O5. The third-order valence-electron chi connectivity index (χ3n) is 4.38. The molecule has 1 aromatic heterocycles. The zero-order valence-corrected chi connectivity index (χ0v) is 16.9. The summed E-state index contributed by atoms with van der Waals surface area (Å²) in [5.41, 5.74) is 1.00. The van der Waals surface area contributed by atoms with Gasteiger partial charge in [-0.3, -0.25) is 10.1 Å². The van der Waals surface area contributed by atoms with Crippen LogP contribution >= 0.6 is 0 Å². The van der Waals surface area contributed by atoms with E-state index in [0.29, 0.717) is 34.1 Å². The molecule has 8 nitrogen and oxygen atoms in total. The zero-order valence-electron chi connectivity index (χ0n) is 16.9. The van der Waals surface area contributed by atoms with Crippen LogP contribution in [0.2, 0.25) is 0 Å². The maximum atomic E-state index is 12.5. The predicted octanol–water partition coefficient (Wildman–Crippen LogP) is 4.80. The fraction of sp³-hybridized carbons (Fsp3) is 0.0870. The van der Waals surface area contributed by atoms with E-state index in [1.807, 2.05) is 30.3 Å². The summed E-state index contributed by atoms with van der Waals surface area (Å²) >= 11 is 0. The Kier molecular flexibility index (Phi) is 5.79. The van der Waals surface area contributed by atoms with E-state index in [9.17, 15) is 4.79 Å². The van der Waals surface area contributed by atoms with Crippen molar-refractivity contribution in [1.82, 2.24) is 10.2 Å². The standard InChI is InChI=1S/C23H19N3O5/c1-28-18-12-13-19(20(14-18)29-2)22-25-26-23(31-22)24-21(27)15-8-10-17(11-9-15)30-16-6-4-3-5-7-16/h3-14H,1-2H3,(H,24,26,27). The minimum absolute atomic E-state index is 0.0255. The molecular weight excluding hydrogens is 398 g/mol. The first-order chi connectivity index (χ1) is 15.2. The highest BCUT2D eigenvalue weighted by Crippen LogP contribution is 2.33. The summed E-state index contributed by atoms with van der Waals surface area (Å²) in [5.74, 6) is 2.30. The molecule has 0 aliphatic rings. The molecule has 0 saturated carbocycles.